The number of rotatable bonds is 3. The van der Waals surface area contributed by atoms with Crippen LogP contribution >= 0.6 is 0 Å². The molecule has 0 unspecified atom stereocenters. The van der Waals surface area contributed by atoms with E-state index in [-0.39, 0.29) is 58.1 Å². The molecule has 4 aliphatic heterocycles. The molecule has 0 saturated carbocycles. The van der Waals surface area contributed by atoms with Crippen LogP contribution in [0, 0.1) is 7.43 Å². The first-order chi connectivity index (χ1) is 19.1. The Morgan fingerprint density at radius 1 is 0.837 bits per heavy atom. The number of fused-ring (bicyclic) bond motifs is 4. The minimum Gasteiger partial charge on any atom is -0.444 e. The van der Waals surface area contributed by atoms with Gasteiger partial charge in [0.25, 0.3) is 0 Å². The summed E-state index contributed by atoms with van der Waals surface area (Å²) in [5.74, 6) is 0. The van der Waals surface area contributed by atoms with Gasteiger partial charge in [0.15, 0.2) is 0 Å². The average molecular weight is 700 g/mol. The third-order valence-electron chi connectivity index (χ3n) is 8.31. The van der Waals surface area contributed by atoms with Gasteiger partial charge in [0.05, 0.1) is 12.1 Å². The summed E-state index contributed by atoms with van der Waals surface area (Å²) >= 11 is 0. The van der Waals surface area contributed by atoms with Crippen molar-refractivity contribution < 1.29 is 48.3 Å². The molecule has 8 nitrogen and oxygen atoms in total. The van der Waals surface area contributed by atoms with Gasteiger partial charge in [-0.15, -0.1) is 0 Å². The topological polar surface area (TPSA) is 97.1 Å². The molecule has 2 amide bonds. The number of halogens is 2. The largest absolute Gasteiger partial charge is 0.444 e. The molecule has 4 saturated heterocycles. The Bertz CT molecular complexity index is 1050. The number of hydrogen-bond acceptors (Lipinski definition) is 6. The Kier molecular flexibility index (Phi) is 13.0. The summed E-state index contributed by atoms with van der Waals surface area (Å²) in [4.78, 5) is 27.7. The predicted molar refractivity (Wildman–Crippen MR) is 160 cm³/mol. The summed E-state index contributed by atoms with van der Waals surface area (Å²) in [5, 5.41) is 3.34. The normalized spacial score (nSPS) is 31.2. The van der Waals surface area contributed by atoms with Gasteiger partial charge in [-0.3, -0.25) is 9.80 Å². The van der Waals surface area contributed by atoms with Crippen molar-refractivity contribution in [2.45, 2.75) is 146 Å². The molecule has 1 aromatic rings. The smallest absolute Gasteiger partial charge is 0.410 e. The van der Waals surface area contributed by atoms with Crippen LogP contribution in [0.3, 0.4) is 0 Å². The Labute approximate surface area is 270 Å². The summed E-state index contributed by atoms with van der Waals surface area (Å²) < 4.78 is 39.7. The van der Waals surface area contributed by atoms with Crippen LogP contribution in [0.2, 0.25) is 0 Å². The van der Waals surface area contributed by atoms with Gasteiger partial charge >= 0.3 is 12.2 Å². The van der Waals surface area contributed by atoms with E-state index in [1.807, 2.05) is 71.9 Å². The molecule has 8 atom stereocenters. The van der Waals surface area contributed by atoms with Crippen molar-refractivity contribution in [2.75, 3.05) is 0 Å². The van der Waals surface area contributed by atoms with Gasteiger partial charge in [-0.1, -0.05) is 30.3 Å². The van der Waals surface area contributed by atoms with Crippen molar-refractivity contribution in [1.29, 1.82) is 0 Å². The number of piperidine rings is 2. The first kappa shape index (κ1) is 37.4. The number of carbonyl (C=O) groups excluding carboxylic acids is 2. The molecular weight excluding hydrogens is 649 g/mol. The molecule has 4 fully saturated rings. The number of nitrogens with zero attached hydrogens (tertiary/aromatic N) is 2. The van der Waals surface area contributed by atoms with Crippen LogP contribution in [0.25, 0.3) is 0 Å². The third-order valence-corrected chi connectivity index (χ3v) is 8.31. The van der Waals surface area contributed by atoms with E-state index < -0.39 is 41.7 Å². The first-order valence-electron chi connectivity index (χ1n) is 15.0. The zero-order valence-electron chi connectivity index (χ0n) is 26.6. The molecule has 43 heavy (non-hydrogen) atoms. The van der Waals surface area contributed by atoms with Gasteiger partial charge in [-0.2, -0.15) is 0 Å². The fourth-order valence-corrected chi connectivity index (χ4v) is 6.57. The monoisotopic (exact) mass is 699 g/mol. The van der Waals surface area contributed by atoms with Crippen molar-refractivity contribution in [3.8, 4) is 0 Å². The predicted octanol–water partition coefficient (Wildman–Crippen LogP) is 5.93. The van der Waals surface area contributed by atoms with Gasteiger partial charge in [-0.25, -0.2) is 18.4 Å². The summed E-state index contributed by atoms with van der Waals surface area (Å²) in [6.45, 7) is 11.6. The van der Waals surface area contributed by atoms with Gasteiger partial charge in [0, 0.05) is 51.1 Å². The van der Waals surface area contributed by atoms with Crippen molar-refractivity contribution in [3.63, 3.8) is 0 Å². The fraction of sp³-hybridized carbons (Fsp3) is 0.719. The molecule has 0 radical (unpaired) electrons. The molecule has 11 heteroatoms. The van der Waals surface area contributed by atoms with Crippen molar-refractivity contribution in [3.05, 3.63) is 43.3 Å². The average Bonchev–Trinajstić information content (AvgIpc) is 3.41. The summed E-state index contributed by atoms with van der Waals surface area (Å²) in [6.07, 6.45) is 1.32. The van der Waals surface area contributed by atoms with E-state index in [1.54, 1.807) is 9.80 Å². The number of amides is 2. The number of carbonyl (C=O) groups is 2. The Morgan fingerprint density at radius 2 is 1.30 bits per heavy atom. The zero-order valence-corrected chi connectivity index (χ0v) is 28.2. The molecular formula is C32H51F2N4O4Pd-. The maximum atomic E-state index is 15.0. The van der Waals surface area contributed by atoms with E-state index in [4.69, 9.17) is 15.2 Å². The van der Waals surface area contributed by atoms with Crippen LogP contribution in [-0.4, -0.2) is 81.8 Å². The molecule has 4 bridgehead atoms. The second-order valence-electron chi connectivity index (χ2n) is 13.9. The van der Waals surface area contributed by atoms with Crippen molar-refractivity contribution >= 4 is 12.2 Å². The van der Waals surface area contributed by atoms with E-state index in [1.165, 1.54) is 0 Å². The maximum absolute atomic E-state index is 15.0. The van der Waals surface area contributed by atoms with Crippen LogP contribution in [0.4, 0.5) is 18.4 Å². The molecule has 3 N–H and O–H groups in total. The molecule has 5 rings (SSSR count). The molecule has 0 spiro atoms. The van der Waals surface area contributed by atoms with E-state index in [0.29, 0.717) is 32.2 Å². The van der Waals surface area contributed by atoms with Crippen LogP contribution in [0.1, 0.15) is 85.6 Å². The number of ether oxygens (including phenoxy) is 2. The van der Waals surface area contributed by atoms with Gasteiger partial charge < -0.3 is 28.0 Å². The molecule has 4 heterocycles. The summed E-state index contributed by atoms with van der Waals surface area (Å²) in [6, 6.07) is 8.73. The molecule has 248 valence electrons. The SMILES string of the molecule is CC(C)(C)OC(=O)N1[C@@H]2CC[C@H]1[C@H](F)[C@@H](N)C2.CC(C)(C)OC(=O)N1[C@@H]2CC[C@H]1[C@H](F)[C@@H](NCc1ccccc1)C2.[CH3-].[Pd]. The number of benzene rings is 1. The Morgan fingerprint density at radius 3 is 1.79 bits per heavy atom. The Balaban J connectivity index is 0.000000302. The third kappa shape index (κ3) is 9.35. The standard InChI is InChI=1S/C19H27FN2O2.C12H21FN2O2.CH3.Pd/c1-19(2,3)24-18(23)22-14-9-10-16(22)17(20)15(11-14)21-12-13-7-5-4-6-8-13;1-12(2,3)17-11(16)15-7-4-5-9(15)10(13)8(14)6-7;;/h4-8,14-17,21H,9-12H2,1-3H3;7-10H,4-6,14H2,1-3H3;1H3;/q;;-1;/t14-,15+,16+,17-;7-,8+,9+,10-;;/m11../s1. The van der Waals surface area contributed by atoms with E-state index in [0.717, 1.165) is 18.4 Å². The number of hydrogen-bond donors (Lipinski definition) is 2. The van der Waals surface area contributed by atoms with Crippen LogP contribution < -0.4 is 11.1 Å². The quantitative estimate of drug-likeness (QED) is 0.300. The molecule has 0 aliphatic carbocycles. The van der Waals surface area contributed by atoms with Crippen molar-refractivity contribution in [2.24, 2.45) is 5.73 Å². The molecule has 1 aromatic carbocycles. The van der Waals surface area contributed by atoms with Gasteiger partial charge in [0.1, 0.15) is 23.5 Å². The Hall–Kier alpha value is -1.80. The van der Waals surface area contributed by atoms with Gasteiger partial charge in [0.2, 0.25) is 0 Å². The van der Waals surface area contributed by atoms with E-state index in [9.17, 15) is 18.4 Å². The van der Waals surface area contributed by atoms with Gasteiger partial charge in [-0.05, 0) is 85.6 Å². The second kappa shape index (κ2) is 15.0. The minimum atomic E-state index is -1.12. The van der Waals surface area contributed by atoms with Crippen molar-refractivity contribution in [1.82, 2.24) is 15.1 Å². The van der Waals surface area contributed by atoms with Crippen LogP contribution in [0.15, 0.2) is 30.3 Å². The molecule has 4 aliphatic rings. The summed E-state index contributed by atoms with van der Waals surface area (Å²) in [7, 11) is 0. The first-order valence-corrected chi connectivity index (χ1v) is 15.0. The fourth-order valence-electron chi connectivity index (χ4n) is 6.57. The number of nitrogens with two attached hydrogens (primary N) is 1. The molecule has 0 aromatic heterocycles. The zero-order chi connectivity index (χ0) is 30.1. The van der Waals surface area contributed by atoms with Crippen LogP contribution in [-0.2, 0) is 36.4 Å². The second-order valence-corrected chi connectivity index (χ2v) is 13.9. The van der Waals surface area contributed by atoms with E-state index in [2.05, 4.69) is 5.32 Å². The van der Waals surface area contributed by atoms with E-state index >= 15 is 0 Å². The summed E-state index contributed by atoms with van der Waals surface area (Å²) in [5.41, 5.74) is 5.79. The number of nitrogens with one attached hydrogen (secondary N) is 1. The minimum absolute atomic E-state index is 0. The maximum Gasteiger partial charge on any atom is 0.410 e. The van der Waals surface area contributed by atoms with Crippen LogP contribution in [0.5, 0.6) is 0 Å². The number of alkyl halides is 2.